The van der Waals surface area contributed by atoms with Crippen molar-refractivity contribution in [3.8, 4) is 5.69 Å². The molecule has 0 bridgehead atoms. The van der Waals surface area contributed by atoms with E-state index in [0.29, 0.717) is 11.4 Å². The van der Waals surface area contributed by atoms with Gasteiger partial charge in [-0.15, -0.1) is 0 Å². The number of ether oxygens (including phenoxy) is 1. The van der Waals surface area contributed by atoms with Gasteiger partial charge in [-0.25, -0.2) is 22.2 Å². The van der Waals surface area contributed by atoms with E-state index in [4.69, 9.17) is 16.3 Å². The van der Waals surface area contributed by atoms with Gasteiger partial charge in [0.15, 0.2) is 5.69 Å². The Morgan fingerprint density at radius 1 is 1.12 bits per heavy atom. The van der Waals surface area contributed by atoms with E-state index in [1.807, 2.05) is 0 Å². The van der Waals surface area contributed by atoms with Crippen LogP contribution in [-0.4, -0.2) is 55.1 Å². The maximum Gasteiger partial charge on any atom is 0.358 e. The van der Waals surface area contributed by atoms with Crippen molar-refractivity contribution in [1.29, 1.82) is 0 Å². The first-order valence-electron chi connectivity index (χ1n) is 9.50. The number of anilines is 1. The highest BCUT2D eigenvalue weighted by atomic mass is 35.5. The Hall–Kier alpha value is -3.21. The fraction of sp³-hybridized carbons (Fsp3) is 0.190. The second kappa shape index (κ2) is 9.51. The van der Waals surface area contributed by atoms with Gasteiger partial charge in [0.05, 0.1) is 17.3 Å². The lowest BCUT2D eigenvalue weighted by Crippen LogP contribution is -2.23. The molecular weight excluding hydrogens is 456 g/mol. The van der Waals surface area contributed by atoms with Crippen molar-refractivity contribution in [2.24, 2.45) is 0 Å². The minimum absolute atomic E-state index is 0.0287. The summed E-state index contributed by atoms with van der Waals surface area (Å²) in [6.07, 6.45) is 1.63. The number of halogens is 1. The third-order valence-electron chi connectivity index (χ3n) is 4.42. The summed E-state index contributed by atoms with van der Waals surface area (Å²) in [5.74, 6) is -0.998. The molecule has 0 aliphatic heterocycles. The highest BCUT2D eigenvalue weighted by Crippen LogP contribution is 2.25. The zero-order valence-electron chi connectivity index (χ0n) is 17.6. The summed E-state index contributed by atoms with van der Waals surface area (Å²) in [5, 5.41) is 6.91. The molecule has 1 heterocycles. The standard InChI is InChI=1S/C21H21ClN4O5S/c1-4-31-21(28)18-11-12-26(24-18)16-8-6-15(7-9-16)23-20(27)14-5-10-17(22)19(13-14)32(29,30)25(2)3/h5-13H,4H2,1-3H3,(H,23,27). The fourth-order valence-electron chi connectivity index (χ4n) is 2.72. The van der Waals surface area contributed by atoms with Crippen molar-refractivity contribution in [2.45, 2.75) is 11.8 Å². The molecule has 1 N–H and O–H groups in total. The molecule has 11 heteroatoms. The Kier molecular flexibility index (Phi) is 6.97. The molecular formula is C21H21ClN4O5S. The van der Waals surface area contributed by atoms with E-state index < -0.39 is 21.9 Å². The molecule has 0 fully saturated rings. The number of esters is 1. The molecule has 0 saturated heterocycles. The summed E-state index contributed by atoms with van der Waals surface area (Å²) in [6, 6.07) is 12.3. The van der Waals surface area contributed by atoms with E-state index in [1.165, 1.54) is 37.0 Å². The number of carbonyl (C=O) groups is 2. The third kappa shape index (κ3) is 4.98. The molecule has 168 valence electrons. The van der Waals surface area contributed by atoms with Gasteiger partial charge in [-0.3, -0.25) is 4.79 Å². The first-order valence-corrected chi connectivity index (χ1v) is 11.3. The molecule has 1 aromatic heterocycles. The summed E-state index contributed by atoms with van der Waals surface area (Å²) in [6.45, 7) is 1.98. The van der Waals surface area contributed by atoms with Crippen LogP contribution in [0, 0.1) is 0 Å². The lowest BCUT2D eigenvalue weighted by Gasteiger charge is -2.14. The lowest BCUT2D eigenvalue weighted by molar-refractivity contribution is 0.0518. The van der Waals surface area contributed by atoms with Crippen molar-refractivity contribution < 1.29 is 22.7 Å². The quantitative estimate of drug-likeness (QED) is 0.524. The molecule has 0 saturated carbocycles. The van der Waals surface area contributed by atoms with Crippen LogP contribution in [-0.2, 0) is 14.8 Å². The average Bonchev–Trinajstić information content (AvgIpc) is 3.25. The molecule has 32 heavy (non-hydrogen) atoms. The number of benzene rings is 2. The topological polar surface area (TPSA) is 111 Å². The van der Waals surface area contributed by atoms with Gasteiger partial charge in [0, 0.05) is 31.5 Å². The Morgan fingerprint density at radius 2 is 1.81 bits per heavy atom. The SMILES string of the molecule is CCOC(=O)c1ccn(-c2ccc(NC(=O)c3ccc(Cl)c(S(=O)(=O)N(C)C)c3)cc2)n1. The summed E-state index contributed by atoms with van der Waals surface area (Å²) in [5.41, 5.74) is 1.49. The van der Waals surface area contributed by atoms with Crippen LogP contribution >= 0.6 is 11.6 Å². The zero-order chi connectivity index (χ0) is 23.5. The Morgan fingerprint density at radius 3 is 2.44 bits per heavy atom. The lowest BCUT2D eigenvalue weighted by atomic mass is 10.2. The van der Waals surface area contributed by atoms with Crippen molar-refractivity contribution in [3.63, 3.8) is 0 Å². The molecule has 0 spiro atoms. The predicted octanol–water partition coefficient (Wildman–Crippen LogP) is 3.21. The van der Waals surface area contributed by atoms with Crippen LogP contribution < -0.4 is 5.32 Å². The van der Waals surface area contributed by atoms with Crippen LogP contribution in [0.5, 0.6) is 0 Å². The van der Waals surface area contributed by atoms with Crippen LogP contribution in [0.15, 0.2) is 59.6 Å². The van der Waals surface area contributed by atoms with E-state index in [-0.39, 0.29) is 27.8 Å². The fourth-order valence-corrected chi connectivity index (χ4v) is 4.12. The molecule has 9 nitrogen and oxygen atoms in total. The molecule has 0 radical (unpaired) electrons. The van der Waals surface area contributed by atoms with Gasteiger partial charge in [0.2, 0.25) is 10.0 Å². The molecule has 0 aliphatic rings. The first kappa shape index (κ1) is 23.5. The van der Waals surface area contributed by atoms with E-state index in [0.717, 1.165) is 4.31 Å². The summed E-state index contributed by atoms with van der Waals surface area (Å²) < 4.78 is 32.3. The molecule has 0 aliphatic carbocycles. The number of carbonyl (C=O) groups excluding carboxylic acids is 2. The van der Waals surface area contributed by atoms with E-state index in [9.17, 15) is 18.0 Å². The minimum Gasteiger partial charge on any atom is -0.461 e. The summed E-state index contributed by atoms with van der Waals surface area (Å²) in [4.78, 5) is 24.2. The van der Waals surface area contributed by atoms with Crippen molar-refractivity contribution >= 4 is 39.2 Å². The summed E-state index contributed by atoms with van der Waals surface area (Å²) in [7, 11) is -1.03. The predicted molar refractivity (Wildman–Crippen MR) is 120 cm³/mol. The smallest absolute Gasteiger partial charge is 0.358 e. The van der Waals surface area contributed by atoms with E-state index in [1.54, 1.807) is 43.5 Å². The van der Waals surface area contributed by atoms with Gasteiger partial charge < -0.3 is 10.1 Å². The van der Waals surface area contributed by atoms with Crippen molar-refractivity contribution in [3.05, 3.63) is 71.0 Å². The average molecular weight is 477 g/mol. The number of nitrogens with one attached hydrogen (secondary N) is 1. The molecule has 3 aromatic rings. The number of rotatable bonds is 7. The maximum absolute atomic E-state index is 12.6. The number of amides is 1. The van der Waals surface area contributed by atoms with Gasteiger partial charge in [-0.1, -0.05) is 11.6 Å². The molecule has 0 atom stereocenters. The van der Waals surface area contributed by atoms with E-state index in [2.05, 4.69) is 10.4 Å². The highest BCUT2D eigenvalue weighted by Gasteiger charge is 2.22. The molecule has 1 amide bonds. The molecule has 3 rings (SSSR count). The van der Waals surface area contributed by atoms with Gasteiger partial charge in [0.25, 0.3) is 5.91 Å². The number of sulfonamides is 1. The van der Waals surface area contributed by atoms with Crippen molar-refractivity contribution in [1.82, 2.24) is 14.1 Å². The van der Waals surface area contributed by atoms with Crippen LogP contribution in [0.3, 0.4) is 0 Å². The van der Waals surface area contributed by atoms with Crippen LogP contribution in [0.1, 0.15) is 27.8 Å². The monoisotopic (exact) mass is 476 g/mol. The van der Waals surface area contributed by atoms with Gasteiger partial charge in [-0.2, -0.15) is 5.10 Å². The molecule has 0 unspecified atom stereocenters. The number of nitrogens with zero attached hydrogens (tertiary/aromatic N) is 3. The first-order chi connectivity index (χ1) is 15.1. The second-order valence-corrected chi connectivity index (χ2v) is 9.33. The van der Waals surface area contributed by atoms with Gasteiger partial charge >= 0.3 is 5.97 Å². The van der Waals surface area contributed by atoms with Crippen LogP contribution in [0.4, 0.5) is 5.69 Å². The van der Waals surface area contributed by atoms with Crippen LogP contribution in [0.25, 0.3) is 5.69 Å². The van der Waals surface area contributed by atoms with Crippen molar-refractivity contribution in [2.75, 3.05) is 26.0 Å². The van der Waals surface area contributed by atoms with Crippen LogP contribution in [0.2, 0.25) is 5.02 Å². The highest BCUT2D eigenvalue weighted by molar-refractivity contribution is 7.89. The minimum atomic E-state index is -3.80. The van der Waals surface area contributed by atoms with E-state index >= 15 is 0 Å². The zero-order valence-corrected chi connectivity index (χ0v) is 19.1. The number of hydrogen-bond acceptors (Lipinski definition) is 6. The third-order valence-corrected chi connectivity index (χ3v) is 6.71. The maximum atomic E-state index is 12.6. The van der Waals surface area contributed by atoms with Gasteiger partial charge in [-0.05, 0) is 55.5 Å². The second-order valence-electron chi connectivity index (χ2n) is 6.80. The number of hydrogen-bond donors (Lipinski definition) is 1. The normalized spacial score (nSPS) is 11.4. The molecule has 2 aromatic carbocycles. The Balaban J connectivity index is 1.76. The summed E-state index contributed by atoms with van der Waals surface area (Å²) >= 11 is 6.03. The Labute approximate surface area is 190 Å². The van der Waals surface area contributed by atoms with Gasteiger partial charge in [0.1, 0.15) is 4.90 Å². The number of aromatic nitrogens is 2. The largest absolute Gasteiger partial charge is 0.461 e. The Bertz CT molecular complexity index is 1250.